The molecule has 0 bridgehead atoms. The Morgan fingerprint density at radius 2 is 1.79 bits per heavy atom. The van der Waals surface area contributed by atoms with E-state index in [2.05, 4.69) is 22.3 Å². The topological polar surface area (TPSA) is 89.3 Å². The Morgan fingerprint density at radius 3 is 2.44 bits per heavy atom. The van der Waals surface area contributed by atoms with Crippen molar-refractivity contribution in [1.29, 1.82) is 0 Å². The highest BCUT2D eigenvalue weighted by Gasteiger charge is 2.38. The molecule has 176 valence electrons. The van der Waals surface area contributed by atoms with Gasteiger partial charge in [-0.3, -0.25) is 4.79 Å². The number of aryl methyl sites for hydroxylation is 1. The lowest BCUT2D eigenvalue weighted by atomic mass is 9.95. The molecule has 0 saturated heterocycles. The molecule has 1 atom stereocenters. The number of benzene rings is 2. The van der Waals surface area contributed by atoms with Crippen LogP contribution in [0.2, 0.25) is 0 Å². The summed E-state index contributed by atoms with van der Waals surface area (Å²) in [7, 11) is 0. The van der Waals surface area contributed by atoms with Gasteiger partial charge in [-0.15, -0.1) is 0 Å². The molecular weight excluding hydrogens is 437 g/mol. The minimum absolute atomic E-state index is 0.0842. The van der Waals surface area contributed by atoms with Crippen molar-refractivity contribution in [3.63, 3.8) is 0 Å². The zero-order valence-corrected chi connectivity index (χ0v) is 19.3. The zero-order valence-electron chi connectivity index (χ0n) is 19.3. The van der Waals surface area contributed by atoms with Crippen LogP contribution in [-0.2, 0) is 20.7 Å². The number of rotatable bonds is 7. The van der Waals surface area contributed by atoms with E-state index in [1.807, 2.05) is 24.3 Å². The number of allylic oxidation sites excluding steroid dienone is 1. The van der Waals surface area contributed by atoms with Crippen LogP contribution in [0.15, 0.2) is 66.1 Å². The minimum atomic E-state index is -0.668. The third kappa shape index (κ3) is 4.54. The van der Waals surface area contributed by atoms with Gasteiger partial charge >= 0.3 is 5.97 Å². The van der Waals surface area contributed by atoms with Crippen LogP contribution in [0.25, 0.3) is 0 Å². The summed E-state index contributed by atoms with van der Waals surface area (Å²) in [5.74, 6) is -0.795. The molecule has 2 aromatic carbocycles. The van der Waals surface area contributed by atoms with Gasteiger partial charge in [0, 0.05) is 11.4 Å². The molecule has 1 N–H and O–H groups in total. The fourth-order valence-electron chi connectivity index (χ4n) is 4.01. The van der Waals surface area contributed by atoms with Crippen molar-refractivity contribution in [3.8, 4) is 0 Å². The second kappa shape index (κ2) is 9.86. The molecule has 2 heterocycles. The molecule has 1 aliphatic rings. The number of hydrogen-bond acceptors (Lipinski definition) is 6. The minimum Gasteiger partial charge on any atom is -0.463 e. The van der Waals surface area contributed by atoms with Gasteiger partial charge in [-0.05, 0) is 55.7 Å². The molecular formula is C25H26FN5O3. The number of nitrogens with zero attached hydrogens (tertiary/aromatic N) is 4. The number of esters is 1. The van der Waals surface area contributed by atoms with Crippen molar-refractivity contribution in [2.75, 3.05) is 23.4 Å². The largest absolute Gasteiger partial charge is 0.463 e. The predicted molar refractivity (Wildman–Crippen MR) is 126 cm³/mol. The van der Waals surface area contributed by atoms with E-state index in [1.165, 1.54) is 24.0 Å². The van der Waals surface area contributed by atoms with E-state index in [9.17, 15) is 14.0 Å². The Labute approximate surface area is 197 Å². The number of carbonyl (C=O) groups excluding carboxylic acids is 2. The maximum Gasteiger partial charge on any atom is 0.338 e. The summed E-state index contributed by atoms with van der Waals surface area (Å²) in [6.07, 6.45) is 2.27. The Bertz CT molecular complexity index is 1220. The Kier molecular flexibility index (Phi) is 6.72. The highest BCUT2D eigenvalue weighted by molar-refractivity contribution is 5.96. The number of hydrogen-bond donors (Lipinski definition) is 1. The molecule has 0 saturated carbocycles. The number of halogens is 1. The number of carbonyl (C=O) groups is 2. The monoisotopic (exact) mass is 463 g/mol. The summed E-state index contributed by atoms with van der Waals surface area (Å²) < 4.78 is 20.5. The Hall–Kier alpha value is -4.01. The van der Waals surface area contributed by atoms with Gasteiger partial charge in [-0.25, -0.2) is 13.9 Å². The van der Waals surface area contributed by atoms with Gasteiger partial charge < -0.3 is 15.0 Å². The molecule has 0 aliphatic carbocycles. The Morgan fingerprint density at radius 1 is 1.09 bits per heavy atom. The van der Waals surface area contributed by atoms with E-state index in [-0.39, 0.29) is 24.9 Å². The molecule has 8 nitrogen and oxygen atoms in total. The number of anilines is 2. The standard InChI is InChI=1S/C25H26FN5O3/c1-4-17-6-12-20(13-7-17)29-21(32)14-30-16(3)22(24(33)34-5-2)23(31-25(30)27-15-28-31)18-8-10-19(26)11-9-18/h6-13,15,23H,4-5,14H2,1-3H3,(H,29,32)/t23-/m0/s1. The second-order valence-corrected chi connectivity index (χ2v) is 7.86. The van der Waals surface area contributed by atoms with E-state index >= 15 is 0 Å². The highest BCUT2D eigenvalue weighted by atomic mass is 19.1. The van der Waals surface area contributed by atoms with Crippen molar-refractivity contribution in [2.24, 2.45) is 0 Å². The number of fused-ring (bicyclic) bond motifs is 1. The second-order valence-electron chi connectivity index (χ2n) is 7.86. The van der Waals surface area contributed by atoms with Crippen LogP contribution in [0.3, 0.4) is 0 Å². The molecule has 0 fully saturated rings. The van der Waals surface area contributed by atoms with Crippen molar-refractivity contribution in [3.05, 3.63) is 83.1 Å². The van der Waals surface area contributed by atoms with Crippen molar-refractivity contribution < 1.29 is 18.7 Å². The summed E-state index contributed by atoms with van der Waals surface area (Å²) in [6.45, 7) is 5.63. The van der Waals surface area contributed by atoms with Gasteiger partial charge in [0.1, 0.15) is 24.7 Å². The van der Waals surface area contributed by atoms with Crippen LogP contribution in [0.5, 0.6) is 0 Å². The third-order valence-electron chi connectivity index (χ3n) is 5.74. The molecule has 34 heavy (non-hydrogen) atoms. The lowest BCUT2D eigenvalue weighted by molar-refractivity contribution is -0.139. The molecule has 3 aromatic rings. The van der Waals surface area contributed by atoms with E-state index in [4.69, 9.17) is 4.74 Å². The lowest BCUT2D eigenvalue weighted by Crippen LogP contribution is -2.40. The molecule has 0 spiro atoms. The smallest absolute Gasteiger partial charge is 0.338 e. The number of nitrogens with one attached hydrogen (secondary N) is 1. The summed E-state index contributed by atoms with van der Waals surface area (Å²) in [4.78, 5) is 31.9. The van der Waals surface area contributed by atoms with Gasteiger partial charge in [0.15, 0.2) is 0 Å². The number of amides is 1. The summed E-state index contributed by atoms with van der Waals surface area (Å²) in [5, 5.41) is 7.21. The molecule has 4 rings (SSSR count). The number of ether oxygens (including phenoxy) is 1. The fraction of sp³-hybridized carbons (Fsp3) is 0.280. The SMILES string of the molecule is CCOC(=O)C1=C(C)N(CC(=O)Nc2ccc(CC)cc2)c2ncnn2[C@H]1c1ccc(F)cc1. The normalized spacial score (nSPS) is 15.2. The van der Waals surface area contributed by atoms with E-state index < -0.39 is 12.0 Å². The zero-order chi connectivity index (χ0) is 24.2. The van der Waals surface area contributed by atoms with Gasteiger partial charge in [0.05, 0.1) is 12.2 Å². The van der Waals surface area contributed by atoms with E-state index in [0.29, 0.717) is 28.5 Å². The first-order valence-corrected chi connectivity index (χ1v) is 11.1. The van der Waals surface area contributed by atoms with Gasteiger partial charge in [0.25, 0.3) is 0 Å². The maximum atomic E-state index is 13.6. The average Bonchev–Trinajstić information content (AvgIpc) is 3.31. The first-order valence-electron chi connectivity index (χ1n) is 11.1. The first kappa shape index (κ1) is 23.2. The van der Waals surface area contributed by atoms with E-state index in [0.717, 1.165) is 6.42 Å². The average molecular weight is 464 g/mol. The van der Waals surface area contributed by atoms with Crippen molar-refractivity contribution in [1.82, 2.24) is 14.8 Å². The van der Waals surface area contributed by atoms with Crippen molar-refractivity contribution in [2.45, 2.75) is 33.2 Å². The van der Waals surface area contributed by atoms with Crippen LogP contribution < -0.4 is 10.2 Å². The van der Waals surface area contributed by atoms with Gasteiger partial charge in [-0.2, -0.15) is 10.1 Å². The van der Waals surface area contributed by atoms with Crippen LogP contribution in [0.4, 0.5) is 16.0 Å². The first-order chi connectivity index (χ1) is 16.4. The van der Waals surface area contributed by atoms with Gasteiger partial charge in [0.2, 0.25) is 11.9 Å². The lowest BCUT2D eigenvalue weighted by Gasteiger charge is -2.35. The summed E-state index contributed by atoms with van der Waals surface area (Å²) in [6, 6.07) is 12.8. The molecule has 9 heteroatoms. The summed E-state index contributed by atoms with van der Waals surface area (Å²) >= 11 is 0. The Balaban J connectivity index is 1.69. The highest BCUT2D eigenvalue weighted by Crippen LogP contribution is 2.38. The third-order valence-corrected chi connectivity index (χ3v) is 5.74. The van der Waals surface area contributed by atoms with Crippen molar-refractivity contribution >= 4 is 23.5 Å². The predicted octanol–water partition coefficient (Wildman–Crippen LogP) is 3.86. The van der Waals surface area contributed by atoms with Crippen LogP contribution in [-0.4, -0.2) is 39.8 Å². The number of aromatic nitrogens is 3. The van der Waals surface area contributed by atoms with Crippen LogP contribution in [0, 0.1) is 5.82 Å². The molecule has 1 aliphatic heterocycles. The molecule has 0 unspecified atom stereocenters. The van der Waals surface area contributed by atoms with Crippen LogP contribution >= 0.6 is 0 Å². The van der Waals surface area contributed by atoms with E-state index in [1.54, 1.807) is 35.6 Å². The van der Waals surface area contributed by atoms with Crippen LogP contribution in [0.1, 0.15) is 37.9 Å². The molecule has 0 radical (unpaired) electrons. The quantitative estimate of drug-likeness (QED) is 0.535. The molecule has 1 amide bonds. The summed E-state index contributed by atoms with van der Waals surface area (Å²) in [5.41, 5.74) is 3.33. The van der Waals surface area contributed by atoms with Gasteiger partial charge in [-0.1, -0.05) is 31.2 Å². The molecule has 1 aromatic heterocycles. The maximum absolute atomic E-state index is 13.6. The fourth-order valence-corrected chi connectivity index (χ4v) is 4.01.